The van der Waals surface area contributed by atoms with Crippen LogP contribution in [0.3, 0.4) is 0 Å². The first-order valence-electron chi connectivity index (χ1n) is 3.27. The maximum atomic E-state index is 9.86. The number of rotatable bonds is 2. The van der Waals surface area contributed by atoms with E-state index in [9.17, 15) is 4.79 Å². The number of carbonyl (C=O) groups is 1. The molecule has 11 heavy (non-hydrogen) atoms. The minimum atomic E-state index is -1.19. The van der Waals surface area contributed by atoms with Crippen LogP contribution in [0.4, 0.5) is 4.79 Å². The number of hydrogen-bond acceptors (Lipinski definition) is 3. The van der Waals surface area contributed by atoms with Crippen LogP contribution in [0.5, 0.6) is 0 Å². The van der Waals surface area contributed by atoms with Crippen molar-refractivity contribution in [2.75, 3.05) is 6.61 Å². The van der Waals surface area contributed by atoms with E-state index in [4.69, 9.17) is 5.11 Å². The SMILES string of the molecule is CC(C)(C)CCOC(=O)O.N. The van der Waals surface area contributed by atoms with Crippen molar-refractivity contribution in [3.63, 3.8) is 0 Å². The van der Waals surface area contributed by atoms with E-state index in [1.54, 1.807) is 0 Å². The van der Waals surface area contributed by atoms with Gasteiger partial charge in [-0.3, -0.25) is 0 Å². The van der Waals surface area contributed by atoms with Gasteiger partial charge in [0.05, 0.1) is 6.61 Å². The molecule has 0 amide bonds. The highest BCUT2D eigenvalue weighted by Gasteiger charge is 2.10. The number of carboxylic acid groups (broad SMARTS) is 1. The van der Waals surface area contributed by atoms with Crippen molar-refractivity contribution in [3.8, 4) is 0 Å². The zero-order chi connectivity index (χ0) is 8.20. The van der Waals surface area contributed by atoms with Crippen molar-refractivity contribution in [3.05, 3.63) is 0 Å². The van der Waals surface area contributed by atoms with Crippen LogP contribution in [0.15, 0.2) is 0 Å². The van der Waals surface area contributed by atoms with Crippen LogP contribution in [0.2, 0.25) is 0 Å². The number of ether oxygens (including phenoxy) is 1. The molecule has 0 aromatic rings. The molecule has 0 unspecified atom stereocenters. The molecule has 0 radical (unpaired) electrons. The third-order valence-electron chi connectivity index (χ3n) is 1.08. The average Bonchev–Trinajstić information content (AvgIpc) is 1.59. The largest absolute Gasteiger partial charge is 0.505 e. The van der Waals surface area contributed by atoms with Crippen molar-refractivity contribution >= 4 is 6.16 Å². The quantitative estimate of drug-likeness (QED) is 0.612. The smallest absolute Gasteiger partial charge is 0.450 e. The summed E-state index contributed by atoms with van der Waals surface area (Å²) in [6.45, 7) is 6.41. The second kappa shape index (κ2) is 4.96. The predicted molar refractivity (Wildman–Crippen MR) is 43.1 cm³/mol. The molecule has 0 aliphatic carbocycles. The third kappa shape index (κ3) is 12.4. The molecule has 0 heterocycles. The topological polar surface area (TPSA) is 81.5 Å². The Hall–Kier alpha value is -0.770. The van der Waals surface area contributed by atoms with Crippen molar-refractivity contribution in [1.29, 1.82) is 0 Å². The molecule has 4 heteroatoms. The van der Waals surface area contributed by atoms with E-state index in [0.29, 0.717) is 6.61 Å². The molecular formula is C7H17NO3. The Kier molecular flexibility index (Phi) is 5.80. The van der Waals surface area contributed by atoms with Gasteiger partial charge >= 0.3 is 6.16 Å². The van der Waals surface area contributed by atoms with Gasteiger partial charge in [0.25, 0.3) is 0 Å². The van der Waals surface area contributed by atoms with Crippen LogP contribution in [0, 0.1) is 5.41 Å². The van der Waals surface area contributed by atoms with Gasteiger partial charge in [-0.2, -0.15) is 0 Å². The third-order valence-corrected chi connectivity index (χ3v) is 1.08. The van der Waals surface area contributed by atoms with E-state index in [1.807, 2.05) is 20.8 Å². The van der Waals surface area contributed by atoms with Crippen LogP contribution in [-0.4, -0.2) is 17.9 Å². The highest BCUT2D eigenvalue weighted by atomic mass is 16.7. The molecule has 4 nitrogen and oxygen atoms in total. The zero-order valence-electron chi connectivity index (χ0n) is 7.39. The van der Waals surface area contributed by atoms with Crippen molar-refractivity contribution < 1.29 is 14.6 Å². The lowest BCUT2D eigenvalue weighted by Gasteiger charge is -2.16. The Morgan fingerprint density at radius 2 is 1.91 bits per heavy atom. The summed E-state index contributed by atoms with van der Waals surface area (Å²) in [5, 5.41) is 8.09. The maximum absolute atomic E-state index is 9.86. The summed E-state index contributed by atoms with van der Waals surface area (Å²) in [6, 6.07) is 0. The van der Waals surface area contributed by atoms with E-state index >= 15 is 0 Å². The van der Waals surface area contributed by atoms with Gasteiger partial charge in [0, 0.05) is 0 Å². The van der Waals surface area contributed by atoms with Crippen molar-refractivity contribution in [2.45, 2.75) is 27.2 Å². The lowest BCUT2D eigenvalue weighted by molar-refractivity contribution is 0.0818. The molecule has 0 atom stereocenters. The van der Waals surface area contributed by atoms with Crippen LogP contribution in [-0.2, 0) is 4.74 Å². The van der Waals surface area contributed by atoms with Crippen LogP contribution >= 0.6 is 0 Å². The van der Waals surface area contributed by atoms with E-state index < -0.39 is 6.16 Å². The molecule has 0 saturated carbocycles. The molecule has 68 valence electrons. The molecule has 0 spiro atoms. The molecule has 0 aromatic carbocycles. The van der Waals surface area contributed by atoms with Crippen molar-refractivity contribution in [1.82, 2.24) is 6.15 Å². The first kappa shape index (κ1) is 12.9. The normalized spacial score (nSPS) is 10.1. The Bertz CT molecular complexity index is 117. The molecule has 0 aromatic heterocycles. The maximum Gasteiger partial charge on any atom is 0.505 e. The standard InChI is InChI=1S/C7H14O3.H3N/c1-7(2,3)4-5-10-6(8)9;/h4-5H2,1-3H3,(H,8,9);1H3. The lowest BCUT2D eigenvalue weighted by atomic mass is 9.93. The summed E-state index contributed by atoms with van der Waals surface area (Å²) in [5.74, 6) is 0. The Balaban J connectivity index is 0. The van der Waals surface area contributed by atoms with E-state index in [-0.39, 0.29) is 11.6 Å². The fourth-order valence-electron chi connectivity index (χ4n) is 0.445. The molecule has 4 N–H and O–H groups in total. The van der Waals surface area contributed by atoms with Crippen LogP contribution in [0.1, 0.15) is 27.2 Å². The van der Waals surface area contributed by atoms with Gasteiger partial charge in [0.15, 0.2) is 0 Å². The molecular weight excluding hydrogens is 146 g/mol. The molecule has 0 bridgehead atoms. The van der Waals surface area contributed by atoms with Crippen LogP contribution in [0.25, 0.3) is 0 Å². The Morgan fingerprint density at radius 3 is 2.18 bits per heavy atom. The average molecular weight is 163 g/mol. The summed E-state index contributed by atoms with van der Waals surface area (Å²) in [6.07, 6.45) is -0.427. The van der Waals surface area contributed by atoms with Gasteiger partial charge in [-0.25, -0.2) is 4.79 Å². The monoisotopic (exact) mass is 163 g/mol. The molecule has 0 aliphatic rings. The molecule has 0 fully saturated rings. The molecule has 0 rings (SSSR count). The van der Waals surface area contributed by atoms with Crippen LogP contribution < -0.4 is 6.15 Å². The summed E-state index contributed by atoms with van der Waals surface area (Å²) in [7, 11) is 0. The van der Waals surface area contributed by atoms with E-state index in [1.165, 1.54) is 0 Å². The summed E-state index contributed by atoms with van der Waals surface area (Å²) < 4.78 is 4.33. The van der Waals surface area contributed by atoms with Gasteiger partial charge in [-0.15, -0.1) is 0 Å². The lowest BCUT2D eigenvalue weighted by Crippen LogP contribution is -2.11. The highest BCUT2D eigenvalue weighted by Crippen LogP contribution is 2.17. The van der Waals surface area contributed by atoms with E-state index in [2.05, 4.69) is 4.74 Å². The van der Waals surface area contributed by atoms with Crippen molar-refractivity contribution in [2.24, 2.45) is 5.41 Å². The zero-order valence-corrected chi connectivity index (χ0v) is 7.39. The number of hydrogen-bond donors (Lipinski definition) is 2. The minimum Gasteiger partial charge on any atom is -0.450 e. The summed E-state index contributed by atoms with van der Waals surface area (Å²) in [5.41, 5.74) is 0.148. The summed E-state index contributed by atoms with van der Waals surface area (Å²) in [4.78, 5) is 9.86. The van der Waals surface area contributed by atoms with E-state index in [0.717, 1.165) is 6.42 Å². The van der Waals surface area contributed by atoms with Gasteiger partial charge in [0.1, 0.15) is 0 Å². The Morgan fingerprint density at radius 1 is 1.45 bits per heavy atom. The molecule has 0 saturated heterocycles. The summed E-state index contributed by atoms with van der Waals surface area (Å²) >= 11 is 0. The second-order valence-electron chi connectivity index (χ2n) is 3.43. The fourth-order valence-corrected chi connectivity index (χ4v) is 0.445. The first-order chi connectivity index (χ1) is 4.42. The predicted octanol–water partition coefficient (Wildman–Crippen LogP) is 2.28. The first-order valence-corrected chi connectivity index (χ1v) is 3.27. The molecule has 0 aliphatic heterocycles. The van der Waals surface area contributed by atoms with Gasteiger partial charge in [-0.1, -0.05) is 20.8 Å². The van der Waals surface area contributed by atoms with Gasteiger partial charge in [0.2, 0.25) is 0 Å². The highest BCUT2D eigenvalue weighted by molar-refractivity contribution is 5.56. The minimum absolute atomic E-state index is 0. The Labute approximate surface area is 67.1 Å². The van der Waals surface area contributed by atoms with Gasteiger partial charge < -0.3 is 16.0 Å². The second-order valence-corrected chi connectivity index (χ2v) is 3.43. The van der Waals surface area contributed by atoms with Gasteiger partial charge in [-0.05, 0) is 11.8 Å². The fraction of sp³-hybridized carbons (Fsp3) is 0.857.